The molecule has 4 aromatic rings. The van der Waals surface area contributed by atoms with E-state index in [1.165, 1.54) is 16.0 Å². The second-order valence-electron chi connectivity index (χ2n) is 6.32. The molecule has 0 bridgehead atoms. The zero-order valence-corrected chi connectivity index (χ0v) is 17.5. The number of nitrogens with zero attached hydrogens (tertiary/aromatic N) is 5. The lowest BCUT2D eigenvalue weighted by molar-refractivity contribution is -0.137. The van der Waals surface area contributed by atoms with E-state index in [9.17, 15) is 21.6 Å². The highest BCUT2D eigenvalue weighted by Gasteiger charge is 2.33. The average Bonchev–Trinajstić information content (AvgIpc) is 3.18. The highest BCUT2D eigenvalue weighted by atomic mass is 79.9. The van der Waals surface area contributed by atoms with Crippen LogP contribution in [0.5, 0.6) is 0 Å². The summed E-state index contributed by atoms with van der Waals surface area (Å²) in [6, 6.07) is 4.17. The molecule has 4 aromatic heterocycles. The number of fused-ring (bicyclic) bond motifs is 2. The lowest BCUT2D eigenvalue weighted by Gasteiger charge is -2.05. The number of imidazole rings is 1. The molecule has 0 amide bonds. The number of pyridine rings is 2. The molecular weight excluding hydrogens is 475 g/mol. The van der Waals surface area contributed by atoms with Crippen LogP contribution in [0.2, 0.25) is 0 Å². The van der Waals surface area contributed by atoms with E-state index in [4.69, 9.17) is 0 Å². The van der Waals surface area contributed by atoms with Crippen LogP contribution in [0.1, 0.15) is 12.5 Å². The first-order valence-corrected chi connectivity index (χ1v) is 10.8. The molecule has 0 N–H and O–H groups in total. The largest absolute Gasteiger partial charge is 0.417 e. The summed E-state index contributed by atoms with van der Waals surface area (Å²) in [6.07, 6.45) is -2.25. The van der Waals surface area contributed by atoms with Gasteiger partial charge in [-0.2, -0.15) is 18.3 Å². The lowest BCUT2D eigenvalue weighted by Crippen LogP contribution is -2.06. The maximum atomic E-state index is 13.0. The minimum Gasteiger partial charge on any atom is -0.310 e. The first-order valence-electron chi connectivity index (χ1n) is 8.33. The van der Waals surface area contributed by atoms with Gasteiger partial charge in [0.05, 0.1) is 16.8 Å². The van der Waals surface area contributed by atoms with Crippen molar-refractivity contribution in [2.24, 2.45) is 7.05 Å². The molecule has 0 saturated carbocycles. The van der Waals surface area contributed by atoms with Gasteiger partial charge in [0.2, 0.25) is 0 Å². The van der Waals surface area contributed by atoms with E-state index in [0.717, 1.165) is 12.3 Å². The smallest absolute Gasteiger partial charge is 0.310 e. The summed E-state index contributed by atoms with van der Waals surface area (Å²) >= 11 is 3.31. The van der Waals surface area contributed by atoms with Crippen LogP contribution in [0.25, 0.3) is 28.2 Å². The summed E-state index contributed by atoms with van der Waals surface area (Å²) in [5.74, 6) is -0.0589. The molecule has 0 radical (unpaired) electrons. The predicted molar refractivity (Wildman–Crippen MR) is 103 cm³/mol. The van der Waals surface area contributed by atoms with Crippen LogP contribution in [0, 0.1) is 0 Å². The van der Waals surface area contributed by atoms with E-state index in [2.05, 4.69) is 31.0 Å². The molecule has 4 heterocycles. The van der Waals surface area contributed by atoms with Gasteiger partial charge < -0.3 is 4.57 Å². The molecule has 0 aromatic carbocycles. The number of hydrogen-bond donors (Lipinski definition) is 0. The van der Waals surface area contributed by atoms with E-state index in [0.29, 0.717) is 9.99 Å². The normalized spacial score (nSPS) is 12.9. The van der Waals surface area contributed by atoms with Gasteiger partial charge in [-0.3, -0.25) is 0 Å². The van der Waals surface area contributed by atoms with Crippen LogP contribution in [0.15, 0.2) is 40.0 Å². The number of sulfone groups is 1. The summed E-state index contributed by atoms with van der Waals surface area (Å²) in [6.45, 7) is 1.51. The van der Waals surface area contributed by atoms with Gasteiger partial charge in [-0.15, -0.1) is 0 Å². The lowest BCUT2D eigenvalue weighted by atomic mass is 10.2. The van der Waals surface area contributed by atoms with Crippen LogP contribution in [0.4, 0.5) is 13.2 Å². The third kappa shape index (κ3) is 3.19. The highest BCUT2D eigenvalue weighted by molar-refractivity contribution is 9.10. The van der Waals surface area contributed by atoms with Crippen molar-refractivity contribution in [3.05, 3.63) is 40.6 Å². The van der Waals surface area contributed by atoms with Crippen molar-refractivity contribution in [3.8, 4) is 11.5 Å². The summed E-state index contributed by atoms with van der Waals surface area (Å²) in [5, 5.41) is 4.36. The second-order valence-corrected chi connectivity index (χ2v) is 9.45. The molecule has 0 saturated heterocycles. The Morgan fingerprint density at radius 3 is 2.62 bits per heavy atom. The van der Waals surface area contributed by atoms with Gasteiger partial charge in [0, 0.05) is 23.9 Å². The van der Waals surface area contributed by atoms with Gasteiger partial charge in [0.15, 0.2) is 21.3 Å². The topological polar surface area (TPSA) is 82.1 Å². The van der Waals surface area contributed by atoms with Gasteiger partial charge in [-0.25, -0.2) is 22.9 Å². The number of aryl methyl sites for hydroxylation is 1. The number of rotatable bonds is 3. The molecule has 0 atom stereocenters. The van der Waals surface area contributed by atoms with Crippen LogP contribution in [-0.2, 0) is 23.1 Å². The van der Waals surface area contributed by atoms with Crippen molar-refractivity contribution in [1.82, 2.24) is 24.1 Å². The number of hydrogen-bond acceptors (Lipinski definition) is 5. The fourth-order valence-corrected chi connectivity index (χ4v) is 4.56. The van der Waals surface area contributed by atoms with Gasteiger partial charge in [0.1, 0.15) is 16.1 Å². The molecule has 0 aliphatic carbocycles. The zero-order valence-electron chi connectivity index (χ0n) is 15.1. The molecule has 0 aliphatic heterocycles. The Morgan fingerprint density at radius 1 is 1.24 bits per heavy atom. The van der Waals surface area contributed by atoms with E-state index in [-0.39, 0.29) is 33.3 Å². The molecule has 12 heteroatoms. The van der Waals surface area contributed by atoms with E-state index >= 15 is 0 Å². The third-order valence-electron chi connectivity index (χ3n) is 4.49. The van der Waals surface area contributed by atoms with Crippen molar-refractivity contribution < 1.29 is 21.6 Å². The quantitative estimate of drug-likeness (QED) is 0.438. The number of halogens is 4. The first-order chi connectivity index (χ1) is 13.5. The number of alkyl halides is 3. The van der Waals surface area contributed by atoms with Crippen molar-refractivity contribution in [3.63, 3.8) is 0 Å². The highest BCUT2D eigenvalue weighted by Crippen LogP contribution is 2.34. The first kappa shape index (κ1) is 19.8. The molecule has 4 rings (SSSR count). The van der Waals surface area contributed by atoms with E-state index < -0.39 is 21.6 Å². The number of aromatic nitrogens is 5. The fourth-order valence-electron chi connectivity index (χ4n) is 3.04. The zero-order chi connectivity index (χ0) is 21.1. The van der Waals surface area contributed by atoms with E-state index in [1.807, 2.05) is 0 Å². The molecule has 0 spiro atoms. The van der Waals surface area contributed by atoms with Gasteiger partial charge in [0.25, 0.3) is 0 Å². The van der Waals surface area contributed by atoms with Crippen molar-refractivity contribution in [2.45, 2.75) is 18.0 Å². The standard InChI is InChI=1S/C17H13BrF3N5O2S/c1-3-29(27,28)14-12-5-4-10(18)8-26(12)24-13(14)16-23-11-6-9(17(19,20)21)7-22-15(11)25(16)2/h4-8H,3H2,1-2H3. The van der Waals surface area contributed by atoms with Gasteiger partial charge in [-0.1, -0.05) is 6.92 Å². The molecule has 7 nitrogen and oxygen atoms in total. The molecule has 0 unspecified atom stereocenters. The summed E-state index contributed by atoms with van der Waals surface area (Å²) < 4.78 is 68.2. The van der Waals surface area contributed by atoms with Crippen LogP contribution in [-0.4, -0.2) is 38.3 Å². The Balaban J connectivity index is 2.05. The maximum absolute atomic E-state index is 13.0. The Kier molecular flexibility index (Phi) is 4.46. The third-order valence-corrected chi connectivity index (χ3v) is 6.74. The van der Waals surface area contributed by atoms with Crippen LogP contribution in [0.3, 0.4) is 0 Å². The van der Waals surface area contributed by atoms with Crippen molar-refractivity contribution >= 4 is 42.4 Å². The molecule has 0 aliphatic rings. The second kappa shape index (κ2) is 6.52. The van der Waals surface area contributed by atoms with Crippen LogP contribution >= 0.6 is 15.9 Å². The molecule has 29 heavy (non-hydrogen) atoms. The summed E-state index contributed by atoms with van der Waals surface area (Å²) in [5.41, 5.74) is -0.350. The van der Waals surface area contributed by atoms with Crippen molar-refractivity contribution in [2.75, 3.05) is 5.75 Å². The van der Waals surface area contributed by atoms with E-state index in [1.54, 1.807) is 25.4 Å². The predicted octanol–water partition coefficient (Wildman–Crippen LogP) is 3.86. The Morgan fingerprint density at radius 2 is 1.97 bits per heavy atom. The van der Waals surface area contributed by atoms with Crippen LogP contribution < -0.4 is 0 Å². The summed E-state index contributed by atoms with van der Waals surface area (Å²) in [7, 11) is -2.16. The Hall–Kier alpha value is -2.47. The summed E-state index contributed by atoms with van der Waals surface area (Å²) in [4.78, 5) is 8.07. The fraction of sp³-hybridized carbons (Fsp3) is 0.235. The molecule has 0 fully saturated rings. The molecule has 152 valence electrons. The minimum atomic E-state index is -4.56. The van der Waals surface area contributed by atoms with Crippen molar-refractivity contribution in [1.29, 1.82) is 0 Å². The van der Waals surface area contributed by atoms with Gasteiger partial charge in [-0.05, 0) is 34.1 Å². The monoisotopic (exact) mass is 487 g/mol. The minimum absolute atomic E-state index is 0.00425. The Labute approximate surface area is 171 Å². The van der Waals surface area contributed by atoms with Gasteiger partial charge >= 0.3 is 6.18 Å². The average molecular weight is 488 g/mol. The Bertz CT molecular complexity index is 1380. The molecular formula is C17H13BrF3N5O2S. The maximum Gasteiger partial charge on any atom is 0.417 e. The SMILES string of the molecule is CCS(=O)(=O)c1c(-c2nc3cc(C(F)(F)F)cnc3n2C)nn2cc(Br)ccc12.